The molecular weight excluding hydrogens is 372 g/mol. The lowest BCUT2D eigenvalue weighted by atomic mass is 9.93. The van der Waals surface area contributed by atoms with Crippen molar-refractivity contribution >= 4 is 22.4 Å². The minimum absolute atomic E-state index is 0.0552. The van der Waals surface area contributed by atoms with Gasteiger partial charge in [0.2, 0.25) is 0 Å². The number of hydrogen-bond donors (Lipinski definition) is 2. The predicted octanol–water partition coefficient (Wildman–Crippen LogP) is 4.19. The monoisotopic (exact) mass is 400 g/mol. The van der Waals surface area contributed by atoms with Crippen LogP contribution in [0.4, 0.5) is 5.69 Å². The summed E-state index contributed by atoms with van der Waals surface area (Å²) >= 11 is 0. The Kier molecular flexibility index (Phi) is 5.61. The highest BCUT2D eigenvalue weighted by molar-refractivity contribution is 6.18. The second-order valence-electron chi connectivity index (χ2n) is 7.97. The lowest BCUT2D eigenvalue weighted by molar-refractivity contribution is 0.103. The first-order valence-electron chi connectivity index (χ1n) is 10.8. The number of aryl methyl sites for hydroxylation is 2. The fraction of sp³-hybridized carbons (Fsp3) is 0.360. The number of carbonyl (C=O) groups excluding carboxylic acids is 1. The van der Waals surface area contributed by atoms with Crippen LogP contribution in [0.15, 0.2) is 36.4 Å². The molecule has 2 heterocycles. The number of benzene rings is 2. The first kappa shape index (κ1) is 20.2. The summed E-state index contributed by atoms with van der Waals surface area (Å²) in [5, 5.41) is 13.5. The molecule has 1 saturated heterocycles. The van der Waals surface area contributed by atoms with Crippen molar-refractivity contribution in [2.24, 2.45) is 0 Å². The van der Waals surface area contributed by atoms with Crippen molar-refractivity contribution in [2.45, 2.75) is 39.7 Å². The van der Waals surface area contributed by atoms with Crippen LogP contribution >= 0.6 is 0 Å². The van der Waals surface area contributed by atoms with Crippen LogP contribution in [-0.4, -0.2) is 36.4 Å². The minimum Gasteiger partial charge on any atom is -0.366 e. The molecule has 0 aliphatic carbocycles. The van der Waals surface area contributed by atoms with Gasteiger partial charge < -0.3 is 15.2 Å². The van der Waals surface area contributed by atoms with Crippen molar-refractivity contribution in [1.29, 1.82) is 5.26 Å². The van der Waals surface area contributed by atoms with Crippen LogP contribution in [0.3, 0.4) is 0 Å². The first-order chi connectivity index (χ1) is 14.6. The van der Waals surface area contributed by atoms with Gasteiger partial charge in [0, 0.05) is 53.5 Å². The first-order valence-corrected chi connectivity index (χ1v) is 10.8. The molecule has 2 N–H and O–H groups in total. The lowest BCUT2D eigenvalue weighted by Gasteiger charge is -2.36. The number of aromatic nitrogens is 1. The van der Waals surface area contributed by atoms with E-state index >= 15 is 0 Å². The van der Waals surface area contributed by atoms with Crippen LogP contribution < -0.4 is 10.2 Å². The van der Waals surface area contributed by atoms with Crippen LogP contribution in [0, 0.1) is 11.3 Å². The maximum Gasteiger partial charge on any atom is 0.195 e. The van der Waals surface area contributed by atoms with E-state index in [1.807, 2.05) is 25.1 Å². The molecule has 1 fully saturated rings. The second-order valence-corrected chi connectivity index (χ2v) is 7.97. The zero-order valence-electron chi connectivity index (χ0n) is 17.9. The Morgan fingerprint density at radius 1 is 1.20 bits per heavy atom. The Bertz CT molecular complexity index is 1140. The van der Waals surface area contributed by atoms with Gasteiger partial charge in [-0.15, -0.1) is 0 Å². The number of rotatable bonds is 5. The molecule has 1 aromatic heterocycles. The van der Waals surface area contributed by atoms with Gasteiger partial charge in [0.1, 0.15) is 0 Å². The zero-order chi connectivity index (χ0) is 21.3. The van der Waals surface area contributed by atoms with Gasteiger partial charge in [-0.2, -0.15) is 5.26 Å². The van der Waals surface area contributed by atoms with Crippen LogP contribution in [0.2, 0.25) is 0 Å². The molecule has 0 spiro atoms. The SMILES string of the molecule is CCc1cc(N2CCNC[C@@H]2C)ccc1C(=O)c1c(CC)[nH]c2cc(C#N)ccc12. The summed E-state index contributed by atoms with van der Waals surface area (Å²) in [5.41, 5.74) is 6.12. The normalized spacial score (nSPS) is 16.6. The van der Waals surface area contributed by atoms with Gasteiger partial charge in [-0.05, 0) is 55.7 Å². The molecule has 0 amide bonds. The Labute approximate surface area is 177 Å². The summed E-state index contributed by atoms with van der Waals surface area (Å²) in [6.45, 7) is 9.30. The van der Waals surface area contributed by atoms with Gasteiger partial charge in [0.25, 0.3) is 0 Å². The van der Waals surface area contributed by atoms with Gasteiger partial charge >= 0.3 is 0 Å². The van der Waals surface area contributed by atoms with Gasteiger partial charge in [0.15, 0.2) is 5.78 Å². The second kappa shape index (κ2) is 8.33. The Morgan fingerprint density at radius 2 is 2.03 bits per heavy atom. The van der Waals surface area contributed by atoms with E-state index in [-0.39, 0.29) is 5.78 Å². The van der Waals surface area contributed by atoms with E-state index < -0.39 is 0 Å². The maximum atomic E-state index is 13.7. The number of nitriles is 1. The molecule has 0 saturated carbocycles. The molecule has 1 aliphatic heterocycles. The van der Waals surface area contributed by atoms with E-state index in [4.69, 9.17) is 0 Å². The van der Waals surface area contributed by atoms with Crippen LogP contribution in [-0.2, 0) is 12.8 Å². The van der Waals surface area contributed by atoms with E-state index in [0.717, 1.165) is 65.8 Å². The summed E-state index contributed by atoms with van der Waals surface area (Å²) in [6, 6.07) is 14.4. The number of nitrogens with one attached hydrogen (secondary N) is 2. The van der Waals surface area contributed by atoms with Crippen molar-refractivity contribution in [3.8, 4) is 6.07 Å². The summed E-state index contributed by atoms with van der Waals surface area (Å²) in [5.74, 6) is 0.0552. The van der Waals surface area contributed by atoms with Gasteiger partial charge in [0.05, 0.1) is 17.2 Å². The predicted molar refractivity (Wildman–Crippen MR) is 121 cm³/mol. The molecule has 2 aromatic carbocycles. The average Bonchev–Trinajstić information content (AvgIpc) is 3.16. The lowest BCUT2D eigenvalue weighted by Crippen LogP contribution is -2.49. The zero-order valence-corrected chi connectivity index (χ0v) is 17.9. The van der Waals surface area contributed by atoms with Gasteiger partial charge in [-0.3, -0.25) is 4.79 Å². The van der Waals surface area contributed by atoms with E-state index in [0.29, 0.717) is 11.6 Å². The molecule has 3 aromatic rings. The molecule has 1 atom stereocenters. The number of fused-ring (bicyclic) bond motifs is 1. The Morgan fingerprint density at radius 3 is 2.73 bits per heavy atom. The maximum absolute atomic E-state index is 13.7. The standard InChI is InChI=1S/C25H28N4O/c1-4-18-13-19(29-11-10-27-15-16(29)3)7-9-20(18)25(30)24-21-8-6-17(14-26)12-23(21)28-22(24)5-2/h6-9,12-13,16,27-28H,4-5,10-11,15H2,1-3H3/t16-/m0/s1. The number of hydrogen-bond acceptors (Lipinski definition) is 4. The van der Waals surface area contributed by atoms with E-state index in [2.05, 4.69) is 47.3 Å². The van der Waals surface area contributed by atoms with Crippen molar-refractivity contribution in [3.05, 3.63) is 64.3 Å². The average molecular weight is 401 g/mol. The van der Waals surface area contributed by atoms with Gasteiger partial charge in [-0.25, -0.2) is 0 Å². The van der Waals surface area contributed by atoms with Crippen molar-refractivity contribution < 1.29 is 4.79 Å². The smallest absolute Gasteiger partial charge is 0.195 e. The fourth-order valence-electron chi connectivity index (χ4n) is 4.48. The molecule has 30 heavy (non-hydrogen) atoms. The minimum atomic E-state index is 0.0552. The number of nitrogens with zero attached hydrogens (tertiary/aromatic N) is 2. The number of aromatic amines is 1. The highest BCUT2D eigenvalue weighted by Crippen LogP contribution is 2.30. The molecule has 5 heteroatoms. The summed E-state index contributed by atoms with van der Waals surface area (Å²) in [6.07, 6.45) is 1.53. The third-order valence-corrected chi connectivity index (χ3v) is 6.13. The molecule has 5 nitrogen and oxygen atoms in total. The summed E-state index contributed by atoms with van der Waals surface area (Å²) in [4.78, 5) is 19.5. The van der Waals surface area contributed by atoms with Crippen LogP contribution in [0.25, 0.3) is 10.9 Å². The molecular formula is C25H28N4O. The number of anilines is 1. The summed E-state index contributed by atoms with van der Waals surface area (Å²) in [7, 11) is 0. The third kappa shape index (κ3) is 3.48. The largest absolute Gasteiger partial charge is 0.366 e. The van der Waals surface area contributed by atoms with Crippen LogP contribution in [0.1, 0.15) is 53.5 Å². The molecule has 0 unspecified atom stereocenters. The van der Waals surface area contributed by atoms with E-state index in [9.17, 15) is 10.1 Å². The summed E-state index contributed by atoms with van der Waals surface area (Å²) < 4.78 is 0. The van der Waals surface area contributed by atoms with Crippen molar-refractivity contribution in [2.75, 3.05) is 24.5 Å². The highest BCUT2D eigenvalue weighted by atomic mass is 16.1. The molecule has 4 rings (SSSR count). The number of ketones is 1. The van der Waals surface area contributed by atoms with E-state index in [1.165, 1.54) is 5.69 Å². The number of piperazine rings is 1. The molecule has 1 aliphatic rings. The fourth-order valence-corrected chi connectivity index (χ4v) is 4.48. The Balaban J connectivity index is 1.77. The third-order valence-electron chi connectivity index (χ3n) is 6.13. The number of carbonyl (C=O) groups is 1. The number of H-pyrrole nitrogens is 1. The molecule has 0 bridgehead atoms. The molecule has 154 valence electrons. The van der Waals surface area contributed by atoms with Crippen molar-refractivity contribution in [1.82, 2.24) is 10.3 Å². The van der Waals surface area contributed by atoms with Crippen molar-refractivity contribution in [3.63, 3.8) is 0 Å². The molecule has 0 radical (unpaired) electrons. The Hall–Kier alpha value is -3.10. The van der Waals surface area contributed by atoms with Crippen LogP contribution in [0.5, 0.6) is 0 Å². The van der Waals surface area contributed by atoms with E-state index in [1.54, 1.807) is 6.07 Å². The van der Waals surface area contributed by atoms with Gasteiger partial charge in [-0.1, -0.05) is 19.9 Å². The topological polar surface area (TPSA) is 71.9 Å². The quantitative estimate of drug-likeness (QED) is 0.630. The highest BCUT2D eigenvalue weighted by Gasteiger charge is 2.23.